The lowest BCUT2D eigenvalue weighted by Gasteiger charge is -1.94. The maximum atomic E-state index is 3.74. The molecular formula is C5H8N. The van der Waals surface area contributed by atoms with Gasteiger partial charge in [0, 0.05) is 12.6 Å². The summed E-state index contributed by atoms with van der Waals surface area (Å²) in [5.74, 6) is 0. The molecular weight excluding hydrogens is 74.1 g/mol. The van der Waals surface area contributed by atoms with E-state index in [1.807, 2.05) is 0 Å². The zero-order valence-electron chi connectivity index (χ0n) is 3.65. The van der Waals surface area contributed by atoms with Crippen molar-refractivity contribution in [2.75, 3.05) is 6.54 Å². The Morgan fingerprint density at radius 1 is 1.83 bits per heavy atom. The van der Waals surface area contributed by atoms with Crippen LogP contribution in [0.5, 0.6) is 0 Å². The minimum atomic E-state index is 0.366. The lowest BCUT2D eigenvalue weighted by atomic mass is 10.4. The van der Waals surface area contributed by atoms with Crippen LogP contribution >= 0.6 is 0 Å². The average Bonchev–Trinajstić information content (AvgIpc) is 1.86. The minimum absolute atomic E-state index is 0.366. The summed E-state index contributed by atoms with van der Waals surface area (Å²) in [5.41, 5.74) is 0. The van der Waals surface area contributed by atoms with Crippen LogP contribution in [0.25, 0.3) is 0 Å². The van der Waals surface area contributed by atoms with Crippen LogP contribution in [0.15, 0.2) is 12.2 Å². The quantitative estimate of drug-likeness (QED) is 0.416. The van der Waals surface area contributed by atoms with Gasteiger partial charge in [-0.1, -0.05) is 12.2 Å². The van der Waals surface area contributed by atoms with Gasteiger partial charge in [0.15, 0.2) is 0 Å². The molecule has 0 saturated heterocycles. The molecule has 0 fully saturated rings. The Labute approximate surface area is 38.1 Å². The maximum absolute atomic E-state index is 3.74. The molecule has 1 atom stereocenters. The summed E-state index contributed by atoms with van der Waals surface area (Å²) in [7, 11) is 0. The second kappa shape index (κ2) is 1.43. The summed E-state index contributed by atoms with van der Waals surface area (Å²) in [5, 5.41) is 3.10. The van der Waals surface area contributed by atoms with Crippen molar-refractivity contribution in [2.45, 2.75) is 6.04 Å². The van der Waals surface area contributed by atoms with Crippen LogP contribution in [0.2, 0.25) is 0 Å². The third kappa shape index (κ3) is 0.601. The molecule has 1 unspecified atom stereocenters. The van der Waals surface area contributed by atoms with Crippen LogP contribution in [0.4, 0.5) is 0 Å². The third-order valence-electron chi connectivity index (χ3n) is 0.866. The van der Waals surface area contributed by atoms with Crippen molar-refractivity contribution in [2.24, 2.45) is 0 Å². The fourth-order valence-corrected chi connectivity index (χ4v) is 0.520. The zero-order valence-corrected chi connectivity index (χ0v) is 3.65. The van der Waals surface area contributed by atoms with Crippen LogP contribution in [0.1, 0.15) is 0 Å². The van der Waals surface area contributed by atoms with Crippen molar-refractivity contribution in [1.29, 1.82) is 0 Å². The lowest BCUT2D eigenvalue weighted by molar-refractivity contribution is 0.779. The molecule has 0 saturated carbocycles. The van der Waals surface area contributed by atoms with Crippen molar-refractivity contribution in [3.8, 4) is 0 Å². The molecule has 1 rings (SSSR count). The van der Waals surface area contributed by atoms with Gasteiger partial charge in [-0.3, -0.25) is 0 Å². The maximum Gasteiger partial charge on any atom is 0.0254 e. The highest BCUT2D eigenvalue weighted by Crippen LogP contribution is 1.88. The molecule has 6 heavy (non-hydrogen) atoms. The Kier molecular flexibility index (Phi) is 0.926. The normalized spacial score (nSPS) is 31.8. The van der Waals surface area contributed by atoms with Crippen LogP contribution < -0.4 is 5.32 Å². The van der Waals surface area contributed by atoms with Crippen molar-refractivity contribution in [1.82, 2.24) is 5.32 Å². The molecule has 33 valence electrons. The Balaban J connectivity index is 2.38. The molecule has 1 N–H and O–H groups in total. The summed E-state index contributed by atoms with van der Waals surface area (Å²) >= 11 is 0. The van der Waals surface area contributed by atoms with E-state index in [0.29, 0.717) is 6.04 Å². The van der Waals surface area contributed by atoms with Gasteiger partial charge in [-0.25, -0.2) is 0 Å². The first-order chi connectivity index (χ1) is 2.89. The van der Waals surface area contributed by atoms with Gasteiger partial charge >= 0.3 is 0 Å². The molecule has 0 aromatic carbocycles. The van der Waals surface area contributed by atoms with Gasteiger partial charge in [-0.2, -0.15) is 0 Å². The van der Waals surface area contributed by atoms with Gasteiger partial charge in [-0.15, -0.1) is 0 Å². The first-order valence-electron chi connectivity index (χ1n) is 2.13. The van der Waals surface area contributed by atoms with E-state index in [4.69, 9.17) is 0 Å². The molecule has 1 nitrogen and oxygen atoms in total. The van der Waals surface area contributed by atoms with Crippen molar-refractivity contribution in [3.05, 3.63) is 19.1 Å². The summed E-state index contributed by atoms with van der Waals surface area (Å²) in [6.07, 6.45) is 4.14. The van der Waals surface area contributed by atoms with E-state index in [2.05, 4.69) is 24.4 Å². The average molecular weight is 82.1 g/mol. The van der Waals surface area contributed by atoms with Gasteiger partial charge in [0.1, 0.15) is 0 Å². The molecule has 1 heteroatoms. The fourth-order valence-electron chi connectivity index (χ4n) is 0.520. The first-order valence-corrected chi connectivity index (χ1v) is 2.13. The van der Waals surface area contributed by atoms with Crippen molar-refractivity contribution < 1.29 is 0 Å². The highest BCUT2D eigenvalue weighted by molar-refractivity contribution is 5.02. The van der Waals surface area contributed by atoms with E-state index < -0.39 is 0 Å². The Bertz CT molecular complexity index is 66.3. The molecule has 0 aliphatic carbocycles. The molecule has 0 bridgehead atoms. The Hall–Kier alpha value is -0.300. The molecule has 0 spiro atoms. The van der Waals surface area contributed by atoms with E-state index >= 15 is 0 Å². The summed E-state index contributed by atoms with van der Waals surface area (Å²) in [4.78, 5) is 0. The van der Waals surface area contributed by atoms with E-state index in [0.717, 1.165) is 6.54 Å². The second-order valence-electron chi connectivity index (χ2n) is 1.44. The van der Waals surface area contributed by atoms with E-state index in [-0.39, 0.29) is 0 Å². The Morgan fingerprint density at radius 2 is 2.67 bits per heavy atom. The van der Waals surface area contributed by atoms with E-state index in [1.165, 1.54) is 0 Å². The van der Waals surface area contributed by atoms with Crippen LogP contribution in [0, 0.1) is 6.92 Å². The largest absolute Gasteiger partial charge is 0.307 e. The first kappa shape index (κ1) is 3.88. The van der Waals surface area contributed by atoms with Gasteiger partial charge in [0.2, 0.25) is 0 Å². The van der Waals surface area contributed by atoms with E-state index in [9.17, 15) is 0 Å². The molecule has 1 aliphatic rings. The summed E-state index contributed by atoms with van der Waals surface area (Å²) in [6, 6.07) is 0.366. The number of rotatable bonds is 0. The molecule has 0 amide bonds. The highest BCUT2D eigenvalue weighted by Gasteiger charge is 1.96. The predicted octanol–water partition coefficient (Wildman–Crippen LogP) is 0.348. The van der Waals surface area contributed by atoms with Gasteiger partial charge in [0.25, 0.3) is 0 Å². The second-order valence-corrected chi connectivity index (χ2v) is 1.44. The minimum Gasteiger partial charge on any atom is -0.307 e. The van der Waals surface area contributed by atoms with Gasteiger partial charge in [0.05, 0.1) is 0 Å². The van der Waals surface area contributed by atoms with Crippen molar-refractivity contribution >= 4 is 0 Å². The number of nitrogens with one attached hydrogen (secondary N) is 1. The lowest BCUT2D eigenvalue weighted by Crippen LogP contribution is -2.17. The molecule has 1 radical (unpaired) electrons. The summed E-state index contributed by atoms with van der Waals surface area (Å²) < 4.78 is 0. The molecule has 0 aromatic heterocycles. The van der Waals surface area contributed by atoms with Crippen LogP contribution in [0.3, 0.4) is 0 Å². The zero-order chi connectivity index (χ0) is 4.41. The number of hydrogen-bond donors (Lipinski definition) is 1. The Morgan fingerprint density at radius 3 is 2.83 bits per heavy atom. The summed E-state index contributed by atoms with van der Waals surface area (Å²) in [6.45, 7) is 4.73. The number of hydrogen-bond acceptors (Lipinski definition) is 1. The topological polar surface area (TPSA) is 12.0 Å². The third-order valence-corrected chi connectivity index (χ3v) is 0.866. The fraction of sp³-hybridized carbons (Fsp3) is 0.400. The SMILES string of the molecule is [CH2]C1C=CCN1. The standard InChI is InChI=1S/C5H8N/c1-5-3-2-4-6-5/h2-3,5-6H,1,4H2. The van der Waals surface area contributed by atoms with Gasteiger partial charge in [-0.05, 0) is 6.92 Å². The monoisotopic (exact) mass is 82.1 g/mol. The van der Waals surface area contributed by atoms with Crippen LogP contribution in [-0.2, 0) is 0 Å². The van der Waals surface area contributed by atoms with Crippen LogP contribution in [-0.4, -0.2) is 12.6 Å². The highest BCUT2D eigenvalue weighted by atomic mass is 14.9. The molecule has 1 aliphatic heterocycles. The molecule has 0 aromatic rings. The van der Waals surface area contributed by atoms with E-state index in [1.54, 1.807) is 0 Å². The van der Waals surface area contributed by atoms with Crippen molar-refractivity contribution in [3.63, 3.8) is 0 Å². The molecule has 1 heterocycles. The predicted molar refractivity (Wildman–Crippen MR) is 26.3 cm³/mol. The smallest absolute Gasteiger partial charge is 0.0254 e. The van der Waals surface area contributed by atoms with Gasteiger partial charge < -0.3 is 5.32 Å².